The van der Waals surface area contributed by atoms with Crippen LogP contribution in [0.1, 0.15) is 21.8 Å². The number of carbonyl (C=O) groups is 3. The number of aliphatic carboxylic acids is 1. The number of hydrogen-bond donors (Lipinski definition) is 8. The number of guanidine groups is 1. The number of nitrogens with zero attached hydrogens (tertiary/aromatic N) is 1. The van der Waals surface area contributed by atoms with Gasteiger partial charge < -0.3 is 41.6 Å². The maximum Gasteiger partial charge on any atom is 0.312 e. The van der Waals surface area contributed by atoms with Crippen molar-refractivity contribution in [1.82, 2.24) is 20.9 Å². The maximum absolute atomic E-state index is 12.5. The highest BCUT2D eigenvalue weighted by atomic mass is 35.5. The largest absolute Gasteiger partial charge is 0.506 e. The average molecular weight is 541 g/mol. The third-order valence-corrected chi connectivity index (χ3v) is 5.53. The lowest BCUT2D eigenvalue weighted by Crippen LogP contribution is -2.43. The van der Waals surface area contributed by atoms with Gasteiger partial charge >= 0.3 is 5.97 Å². The van der Waals surface area contributed by atoms with E-state index in [1.165, 1.54) is 18.2 Å². The molecule has 2 amide bonds. The zero-order chi connectivity index (χ0) is 26.4. The highest BCUT2D eigenvalue weighted by Crippen LogP contribution is 2.35. The minimum atomic E-state index is -1.36. The molecule has 0 saturated heterocycles. The Hall–Kier alpha value is -3.81. The number of anilines is 1. The molecule has 8 N–H and O–H groups in total. The lowest BCUT2D eigenvalue weighted by atomic mass is 9.98. The first-order valence-corrected chi connectivity index (χ1v) is 11.2. The van der Waals surface area contributed by atoms with Gasteiger partial charge in [0.25, 0.3) is 11.5 Å². The molecule has 15 heteroatoms. The molecule has 0 saturated carbocycles. The smallest absolute Gasteiger partial charge is 0.312 e. The molecule has 1 unspecified atom stereocenters. The van der Waals surface area contributed by atoms with Crippen molar-refractivity contribution in [1.29, 1.82) is 0 Å². The average Bonchev–Trinajstić information content (AvgIpc) is 2.83. The first-order valence-electron chi connectivity index (χ1n) is 10.5. The van der Waals surface area contributed by atoms with Crippen molar-refractivity contribution >= 4 is 52.6 Å². The number of carbonyl (C=O) groups excluding carboxylic acids is 2. The summed E-state index contributed by atoms with van der Waals surface area (Å²) in [4.78, 5) is 54.8. The van der Waals surface area contributed by atoms with E-state index in [4.69, 9.17) is 23.2 Å². The van der Waals surface area contributed by atoms with Gasteiger partial charge in [-0.1, -0.05) is 23.2 Å². The Morgan fingerprint density at radius 2 is 1.94 bits per heavy atom. The van der Waals surface area contributed by atoms with Crippen molar-refractivity contribution in [3.05, 3.63) is 55.9 Å². The van der Waals surface area contributed by atoms with Crippen LogP contribution in [-0.2, 0) is 9.59 Å². The number of aliphatic hydroxyl groups is 1. The number of β-amino-alcohol motifs (C(OH)–C–C–N with tert-alkyl or cyclic N) is 1. The molecule has 1 aliphatic rings. The SMILES string of the molecule is O=C(CNC(=O)c1c[nH]c(=O)c(NC2=NCC(O)CN2)c1)NC[C@@H](C(=O)O)c1cc(Cl)cc(Cl)c1O. The van der Waals surface area contributed by atoms with Gasteiger partial charge in [0.1, 0.15) is 17.4 Å². The number of aliphatic hydroxyl groups excluding tert-OH is 1. The van der Waals surface area contributed by atoms with Gasteiger partial charge in [0.15, 0.2) is 5.96 Å². The van der Waals surface area contributed by atoms with Gasteiger partial charge in [0.05, 0.1) is 29.8 Å². The number of halogens is 2. The van der Waals surface area contributed by atoms with Crippen LogP contribution in [0.25, 0.3) is 0 Å². The van der Waals surface area contributed by atoms with Gasteiger partial charge in [0.2, 0.25) is 5.91 Å². The second-order valence-corrected chi connectivity index (χ2v) is 8.53. The van der Waals surface area contributed by atoms with Crippen LogP contribution in [-0.4, -0.2) is 76.3 Å². The van der Waals surface area contributed by atoms with Crippen molar-refractivity contribution in [3.8, 4) is 5.75 Å². The summed E-state index contributed by atoms with van der Waals surface area (Å²) in [5.41, 5.74) is -0.560. The van der Waals surface area contributed by atoms with Crippen LogP contribution in [0.5, 0.6) is 5.75 Å². The number of aromatic amines is 1. The zero-order valence-electron chi connectivity index (χ0n) is 18.5. The summed E-state index contributed by atoms with van der Waals surface area (Å²) in [5, 5.41) is 39.3. The molecule has 0 bridgehead atoms. The van der Waals surface area contributed by atoms with E-state index in [1.54, 1.807) is 0 Å². The summed E-state index contributed by atoms with van der Waals surface area (Å²) in [6.45, 7) is -0.521. The number of phenols is 1. The number of amides is 2. The third kappa shape index (κ3) is 6.87. The number of hydrogen-bond acceptors (Lipinski definition) is 9. The van der Waals surface area contributed by atoms with Crippen molar-refractivity contribution in [3.63, 3.8) is 0 Å². The van der Waals surface area contributed by atoms with E-state index < -0.39 is 54.2 Å². The number of H-pyrrole nitrogens is 1. The number of phenolic OH excluding ortho intramolecular Hbond substituents is 1. The minimum absolute atomic E-state index is 0.0130. The Kier molecular flexibility index (Phi) is 8.74. The topological polar surface area (TPSA) is 205 Å². The number of aromatic nitrogens is 1. The van der Waals surface area contributed by atoms with E-state index in [1.807, 2.05) is 0 Å². The molecule has 2 heterocycles. The number of carboxylic acids is 1. The number of rotatable bonds is 8. The fourth-order valence-electron chi connectivity index (χ4n) is 3.17. The normalized spacial score (nSPS) is 15.8. The summed E-state index contributed by atoms with van der Waals surface area (Å²) in [6.07, 6.45) is 0.518. The summed E-state index contributed by atoms with van der Waals surface area (Å²) < 4.78 is 0. The predicted molar refractivity (Wildman–Crippen MR) is 131 cm³/mol. The molecule has 0 aliphatic carbocycles. The second-order valence-electron chi connectivity index (χ2n) is 7.68. The molecule has 0 radical (unpaired) electrons. The number of pyridine rings is 1. The second kappa shape index (κ2) is 11.7. The molecule has 3 rings (SSSR count). The monoisotopic (exact) mass is 540 g/mol. The molecule has 13 nitrogen and oxygen atoms in total. The molecule has 36 heavy (non-hydrogen) atoms. The molecule has 2 aromatic rings. The molecular weight excluding hydrogens is 519 g/mol. The molecule has 1 aliphatic heterocycles. The number of nitrogens with one attached hydrogen (secondary N) is 5. The van der Waals surface area contributed by atoms with Crippen molar-refractivity contribution in [2.75, 3.05) is 31.5 Å². The van der Waals surface area contributed by atoms with E-state index in [0.717, 1.165) is 6.20 Å². The van der Waals surface area contributed by atoms with E-state index in [-0.39, 0.29) is 45.9 Å². The Labute approximate surface area is 213 Å². The van der Waals surface area contributed by atoms with Gasteiger partial charge in [0, 0.05) is 29.9 Å². The highest BCUT2D eigenvalue weighted by molar-refractivity contribution is 6.35. The van der Waals surface area contributed by atoms with Crippen LogP contribution in [0.15, 0.2) is 34.2 Å². The molecule has 0 fully saturated rings. The lowest BCUT2D eigenvalue weighted by Gasteiger charge is -2.19. The fraction of sp³-hybridized carbons (Fsp3) is 0.286. The van der Waals surface area contributed by atoms with Gasteiger partial charge in [-0.15, -0.1) is 0 Å². The van der Waals surface area contributed by atoms with Crippen LogP contribution in [0.4, 0.5) is 5.69 Å². The van der Waals surface area contributed by atoms with Gasteiger partial charge in [-0.05, 0) is 18.2 Å². The summed E-state index contributed by atoms with van der Waals surface area (Å²) in [5.74, 6) is -4.30. The lowest BCUT2D eigenvalue weighted by molar-refractivity contribution is -0.138. The number of carboxylic acid groups (broad SMARTS) is 1. The number of aromatic hydroxyl groups is 1. The van der Waals surface area contributed by atoms with Crippen LogP contribution in [0, 0.1) is 0 Å². The Morgan fingerprint density at radius 1 is 1.19 bits per heavy atom. The Balaban J connectivity index is 1.58. The zero-order valence-corrected chi connectivity index (χ0v) is 20.0. The predicted octanol–water partition coefficient (Wildman–Crippen LogP) is -0.166. The van der Waals surface area contributed by atoms with Gasteiger partial charge in [-0.2, -0.15) is 0 Å². The van der Waals surface area contributed by atoms with Crippen molar-refractivity contribution in [2.45, 2.75) is 12.0 Å². The third-order valence-electron chi connectivity index (χ3n) is 5.03. The number of aliphatic imine (C=N–C) groups is 1. The molecule has 0 spiro atoms. The maximum atomic E-state index is 12.5. The standard InChI is InChI=1S/C21H22Cl2N6O7/c22-10-2-12(17(32)14(23)3-10)13(20(35)36)7-24-16(31)8-26-18(33)9-1-15(19(34)25-4-9)29-21-27-5-11(30)6-28-21/h1-4,11,13,30,32H,5-8H2,(H,24,31)(H,25,34)(H,26,33)(H,35,36)(H2,27,28,29)/t13-/m1/s1. The van der Waals surface area contributed by atoms with E-state index in [0.29, 0.717) is 0 Å². The minimum Gasteiger partial charge on any atom is -0.506 e. The molecule has 1 aromatic carbocycles. The molecule has 1 aromatic heterocycles. The first-order chi connectivity index (χ1) is 17.0. The highest BCUT2D eigenvalue weighted by Gasteiger charge is 2.25. The van der Waals surface area contributed by atoms with E-state index >= 15 is 0 Å². The molecule has 192 valence electrons. The van der Waals surface area contributed by atoms with Gasteiger partial charge in [-0.3, -0.25) is 24.2 Å². The summed E-state index contributed by atoms with van der Waals surface area (Å²) in [6, 6.07) is 3.73. The fourth-order valence-corrected chi connectivity index (χ4v) is 3.68. The van der Waals surface area contributed by atoms with Crippen LogP contribution < -0.4 is 26.8 Å². The van der Waals surface area contributed by atoms with E-state index in [9.17, 15) is 34.5 Å². The van der Waals surface area contributed by atoms with Crippen LogP contribution >= 0.6 is 23.2 Å². The van der Waals surface area contributed by atoms with Gasteiger partial charge in [-0.25, -0.2) is 0 Å². The molecular formula is C21H22Cl2N6O7. The van der Waals surface area contributed by atoms with Crippen molar-refractivity contribution in [2.24, 2.45) is 4.99 Å². The Bertz CT molecular complexity index is 1270. The van der Waals surface area contributed by atoms with Crippen LogP contribution in [0.2, 0.25) is 10.0 Å². The Morgan fingerprint density at radius 3 is 2.61 bits per heavy atom. The summed E-state index contributed by atoms with van der Waals surface area (Å²) in [7, 11) is 0. The molecule has 2 atom stereocenters. The quantitative estimate of drug-likeness (QED) is 0.223. The van der Waals surface area contributed by atoms with E-state index in [2.05, 4.69) is 31.2 Å². The summed E-state index contributed by atoms with van der Waals surface area (Å²) >= 11 is 11.7. The first kappa shape index (κ1) is 26.8. The van der Waals surface area contributed by atoms with Crippen LogP contribution in [0.3, 0.4) is 0 Å². The number of benzene rings is 1. The van der Waals surface area contributed by atoms with Crippen molar-refractivity contribution < 1.29 is 29.7 Å².